The molecule has 0 bridgehead atoms. The Bertz CT molecular complexity index is 361. The third-order valence-corrected chi connectivity index (χ3v) is 2.94. The maximum Gasteiger partial charge on any atom is 0.0797 e. The van der Waals surface area contributed by atoms with Crippen molar-refractivity contribution in [3.05, 3.63) is 17.0 Å². The van der Waals surface area contributed by atoms with Crippen molar-refractivity contribution in [2.75, 3.05) is 26.9 Å². The number of aliphatic hydroxyl groups excluding tert-OH is 1. The molecule has 1 aromatic heterocycles. The summed E-state index contributed by atoms with van der Waals surface area (Å²) in [6.45, 7) is 8.44. The van der Waals surface area contributed by atoms with Crippen LogP contribution in [0.2, 0.25) is 0 Å². The van der Waals surface area contributed by atoms with Gasteiger partial charge < -0.3 is 14.6 Å². The molecular formula is C13H24N2O3. The van der Waals surface area contributed by atoms with Crippen molar-refractivity contribution >= 4 is 0 Å². The highest BCUT2D eigenvalue weighted by molar-refractivity contribution is 5.26. The van der Waals surface area contributed by atoms with Crippen LogP contribution in [0.15, 0.2) is 0 Å². The summed E-state index contributed by atoms with van der Waals surface area (Å²) in [5.74, 6) is 0. The first-order chi connectivity index (χ1) is 8.57. The second kappa shape index (κ2) is 7.51. The van der Waals surface area contributed by atoms with E-state index in [2.05, 4.69) is 5.10 Å². The maximum atomic E-state index is 9.67. The van der Waals surface area contributed by atoms with Gasteiger partial charge in [-0.1, -0.05) is 0 Å². The number of hydrogen-bond acceptors (Lipinski definition) is 4. The second-order valence-electron chi connectivity index (χ2n) is 4.44. The third kappa shape index (κ3) is 4.08. The Balaban J connectivity index is 2.41. The summed E-state index contributed by atoms with van der Waals surface area (Å²) in [6.07, 6.45) is 0.438. The molecule has 0 aromatic carbocycles. The zero-order valence-corrected chi connectivity index (χ0v) is 11.8. The summed E-state index contributed by atoms with van der Waals surface area (Å²) in [5, 5.41) is 14.1. The zero-order valence-electron chi connectivity index (χ0n) is 11.8. The Kier molecular flexibility index (Phi) is 6.32. The summed E-state index contributed by atoms with van der Waals surface area (Å²) in [7, 11) is 1.69. The van der Waals surface area contributed by atoms with E-state index in [1.165, 1.54) is 0 Å². The molecule has 1 rings (SSSR count). The van der Waals surface area contributed by atoms with Crippen LogP contribution in [0.4, 0.5) is 0 Å². The van der Waals surface area contributed by atoms with Crippen LogP contribution in [-0.2, 0) is 16.0 Å². The SMILES string of the molecule is COCCCOCCn1nc(C)c(C(C)O)c1C. The highest BCUT2D eigenvalue weighted by atomic mass is 16.5. The van der Waals surface area contributed by atoms with Crippen LogP contribution in [0.25, 0.3) is 0 Å². The van der Waals surface area contributed by atoms with Crippen molar-refractivity contribution in [2.24, 2.45) is 0 Å². The Labute approximate surface area is 109 Å². The van der Waals surface area contributed by atoms with E-state index in [1.54, 1.807) is 14.0 Å². The molecule has 0 aliphatic heterocycles. The van der Waals surface area contributed by atoms with Crippen molar-refractivity contribution in [3.8, 4) is 0 Å². The first-order valence-corrected chi connectivity index (χ1v) is 6.36. The normalized spacial score (nSPS) is 12.9. The van der Waals surface area contributed by atoms with Gasteiger partial charge in [0.25, 0.3) is 0 Å². The van der Waals surface area contributed by atoms with Gasteiger partial charge in [0.15, 0.2) is 0 Å². The number of ether oxygens (including phenoxy) is 2. The van der Waals surface area contributed by atoms with Gasteiger partial charge in [0, 0.05) is 31.6 Å². The monoisotopic (exact) mass is 256 g/mol. The number of aryl methyl sites for hydroxylation is 1. The summed E-state index contributed by atoms with van der Waals surface area (Å²) in [4.78, 5) is 0. The molecule has 1 atom stereocenters. The predicted octanol–water partition coefficient (Wildman–Crippen LogP) is 1.61. The molecule has 5 heteroatoms. The largest absolute Gasteiger partial charge is 0.389 e. The van der Waals surface area contributed by atoms with Crippen LogP contribution >= 0.6 is 0 Å². The van der Waals surface area contributed by atoms with Gasteiger partial charge in [0.1, 0.15) is 0 Å². The Morgan fingerprint density at radius 1 is 1.28 bits per heavy atom. The topological polar surface area (TPSA) is 56.5 Å². The molecule has 1 N–H and O–H groups in total. The molecule has 0 saturated carbocycles. The fraction of sp³-hybridized carbons (Fsp3) is 0.769. The molecule has 1 unspecified atom stereocenters. The van der Waals surface area contributed by atoms with Crippen LogP contribution in [0.5, 0.6) is 0 Å². The Hall–Kier alpha value is -0.910. The molecule has 0 fully saturated rings. The molecule has 18 heavy (non-hydrogen) atoms. The summed E-state index contributed by atoms with van der Waals surface area (Å²) in [5.41, 5.74) is 2.83. The molecule has 1 heterocycles. The highest BCUT2D eigenvalue weighted by Gasteiger charge is 2.15. The number of aliphatic hydroxyl groups is 1. The lowest BCUT2D eigenvalue weighted by Gasteiger charge is -2.08. The number of aromatic nitrogens is 2. The lowest BCUT2D eigenvalue weighted by Crippen LogP contribution is -2.10. The number of rotatable bonds is 8. The van der Waals surface area contributed by atoms with Gasteiger partial charge in [0.2, 0.25) is 0 Å². The van der Waals surface area contributed by atoms with Crippen molar-refractivity contribution in [2.45, 2.75) is 39.8 Å². The number of nitrogens with zero attached hydrogens (tertiary/aromatic N) is 2. The third-order valence-electron chi connectivity index (χ3n) is 2.94. The number of methoxy groups -OCH3 is 1. The van der Waals surface area contributed by atoms with Crippen LogP contribution in [-0.4, -0.2) is 41.8 Å². The van der Waals surface area contributed by atoms with Gasteiger partial charge in [-0.25, -0.2) is 0 Å². The van der Waals surface area contributed by atoms with Crippen molar-refractivity contribution in [1.82, 2.24) is 9.78 Å². The lowest BCUT2D eigenvalue weighted by atomic mass is 10.1. The van der Waals surface area contributed by atoms with Gasteiger partial charge in [0.05, 0.1) is 24.9 Å². The summed E-state index contributed by atoms with van der Waals surface area (Å²) >= 11 is 0. The molecule has 1 aromatic rings. The minimum atomic E-state index is -0.471. The lowest BCUT2D eigenvalue weighted by molar-refractivity contribution is 0.0957. The van der Waals surface area contributed by atoms with Crippen LogP contribution in [0, 0.1) is 13.8 Å². The fourth-order valence-electron chi connectivity index (χ4n) is 2.09. The highest BCUT2D eigenvalue weighted by Crippen LogP contribution is 2.20. The quantitative estimate of drug-likeness (QED) is 0.718. The van der Waals surface area contributed by atoms with E-state index in [1.807, 2.05) is 18.5 Å². The molecule has 0 spiro atoms. The van der Waals surface area contributed by atoms with Crippen molar-refractivity contribution < 1.29 is 14.6 Å². The molecule has 0 radical (unpaired) electrons. The standard InChI is InChI=1S/C13H24N2O3/c1-10-13(12(3)16)11(2)15(14-10)6-9-18-8-5-7-17-4/h12,16H,5-9H2,1-4H3. The molecule has 0 aliphatic rings. The minimum Gasteiger partial charge on any atom is -0.389 e. The zero-order chi connectivity index (χ0) is 13.5. The first-order valence-electron chi connectivity index (χ1n) is 6.36. The molecule has 0 amide bonds. The van der Waals surface area contributed by atoms with Gasteiger partial charge in [-0.2, -0.15) is 5.10 Å². The average molecular weight is 256 g/mol. The Morgan fingerprint density at radius 3 is 2.56 bits per heavy atom. The summed E-state index contributed by atoms with van der Waals surface area (Å²) in [6, 6.07) is 0. The first kappa shape index (κ1) is 15.1. The smallest absolute Gasteiger partial charge is 0.0797 e. The van der Waals surface area contributed by atoms with Gasteiger partial charge in [-0.15, -0.1) is 0 Å². The number of hydrogen-bond donors (Lipinski definition) is 1. The van der Waals surface area contributed by atoms with Gasteiger partial charge >= 0.3 is 0 Å². The minimum absolute atomic E-state index is 0.471. The van der Waals surface area contributed by atoms with Crippen molar-refractivity contribution in [3.63, 3.8) is 0 Å². The Morgan fingerprint density at radius 2 is 2.00 bits per heavy atom. The van der Waals surface area contributed by atoms with Gasteiger partial charge in [-0.3, -0.25) is 4.68 Å². The van der Waals surface area contributed by atoms with E-state index in [9.17, 15) is 5.11 Å². The van der Waals surface area contributed by atoms with Crippen LogP contribution in [0.1, 0.15) is 36.4 Å². The molecular weight excluding hydrogens is 232 g/mol. The van der Waals surface area contributed by atoms with E-state index in [4.69, 9.17) is 9.47 Å². The van der Waals surface area contributed by atoms with Crippen LogP contribution in [0.3, 0.4) is 0 Å². The maximum absolute atomic E-state index is 9.67. The molecule has 0 aliphatic carbocycles. The van der Waals surface area contributed by atoms with E-state index in [0.29, 0.717) is 19.8 Å². The second-order valence-corrected chi connectivity index (χ2v) is 4.44. The summed E-state index contributed by atoms with van der Waals surface area (Å²) < 4.78 is 12.3. The molecule has 5 nitrogen and oxygen atoms in total. The van der Waals surface area contributed by atoms with Crippen molar-refractivity contribution in [1.29, 1.82) is 0 Å². The van der Waals surface area contributed by atoms with E-state index >= 15 is 0 Å². The van der Waals surface area contributed by atoms with E-state index in [-0.39, 0.29) is 0 Å². The predicted molar refractivity (Wildman–Crippen MR) is 69.6 cm³/mol. The van der Waals surface area contributed by atoms with E-state index < -0.39 is 6.10 Å². The fourth-order valence-corrected chi connectivity index (χ4v) is 2.09. The molecule has 0 saturated heterocycles. The van der Waals surface area contributed by atoms with Crippen LogP contribution < -0.4 is 0 Å². The molecule has 104 valence electrons. The average Bonchev–Trinajstić information content (AvgIpc) is 2.59. The van der Waals surface area contributed by atoms with Gasteiger partial charge in [-0.05, 0) is 27.2 Å². The van der Waals surface area contributed by atoms with E-state index in [0.717, 1.165) is 30.0 Å².